The Labute approximate surface area is 134 Å². The number of nitrogens with zero attached hydrogens (tertiary/aromatic N) is 2. The molecule has 6 nitrogen and oxygen atoms in total. The van der Waals surface area contributed by atoms with E-state index >= 15 is 0 Å². The van der Waals surface area contributed by atoms with Crippen LogP contribution in [0.1, 0.15) is 17.0 Å². The Kier molecular flexibility index (Phi) is 5.15. The number of benzene rings is 2. The van der Waals surface area contributed by atoms with Crippen LogP contribution in [0.25, 0.3) is 0 Å². The van der Waals surface area contributed by atoms with Crippen LogP contribution in [0.2, 0.25) is 0 Å². The molecule has 0 aliphatic heterocycles. The molecule has 0 N–H and O–H groups in total. The van der Waals surface area contributed by atoms with Crippen molar-refractivity contribution in [3.05, 3.63) is 63.7 Å². The monoisotopic (exact) mass is 312 g/mol. The van der Waals surface area contributed by atoms with Gasteiger partial charge in [-0.2, -0.15) is 5.26 Å². The summed E-state index contributed by atoms with van der Waals surface area (Å²) in [6.45, 7) is 0. The minimum atomic E-state index is -0.462. The Balaban J connectivity index is 2.29. The van der Waals surface area contributed by atoms with Crippen LogP contribution >= 0.6 is 0 Å². The highest BCUT2D eigenvalue weighted by molar-refractivity contribution is 5.43. The highest BCUT2D eigenvalue weighted by Gasteiger charge is 2.16. The standard InChI is InChI=1S/C17H16N2O4/c1-22-16-7-8-17(23-2)13(10-16)9-14(11-18)12-3-5-15(6-4-12)19(20)21/h3-8,10,14H,9H2,1-2H3. The van der Waals surface area contributed by atoms with Crippen molar-refractivity contribution in [2.45, 2.75) is 12.3 Å². The quantitative estimate of drug-likeness (QED) is 0.602. The van der Waals surface area contributed by atoms with Gasteiger partial charge in [0.25, 0.3) is 5.69 Å². The average Bonchev–Trinajstić information content (AvgIpc) is 2.59. The molecule has 0 bridgehead atoms. The minimum Gasteiger partial charge on any atom is -0.497 e. The largest absolute Gasteiger partial charge is 0.497 e. The van der Waals surface area contributed by atoms with E-state index in [2.05, 4.69) is 6.07 Å². The fourth-order valence-corrected chi connectivity index (χ4v) is 2.33. The Morgan fingerprint density at radius 2 is 1.87 bits per heavy atom. The van der Waals surface area contributed by atoms with Crippen LogP contribution in [0, 0.1) is 21.4 Å². The van der Waals surface area contributed by atoms with Gasteiger partial charge in [0.15, 0.2) is 0 Å². The number of ether oxygens (including phenoxy) is 2. The Hall–Kier alpha value is -3.07. The predicted molar refractivity (Wildman–Crippen MR) is 84.7 cm³/mol. The van der Waals surface area contributed by atoms with E-state index in [4.69, 9.17) is 9.47 Å². The van der Waals surface area contributed by atoms with Crippen molar-refractivity contribution in [3.63, 3.8) is 0 Å². The number of nitriles is 1. The molecule has 0 saturated heterocycles. The first-order valence-corrected chi connectivity index (χ1v) is 6.94. The van der Waals surface area contributed by atoms with Gasteiger partial charge in [0, 0.05) is 12.1 Å². The summed E-state index contributed by atoms with van der Waals surface area (Å²) in [6, 6.07) is 13.7. The Morgan fingerprint density at radius 1 is 1.17 bits per heavy atom. The van der Waals surface area contributed by atoms with Crippen LogP contribution in [0.3, 0.4) is 0 Å². The van der Waals surface area contributed by atoms with E-state index in [0.717, 1.165) is 11.1 Å². The van der Waals surface area contributed by atoms with Crippen LogP contribution < -0.4 is 9.47 Å². The molecule has 2 aromatic rings. The van der Waals surface area contributed by atoms with Gasteiger partial charge in [-0.3, -0.25) is 10.1 Å². The zero-order valence-electron chi connectivity index (χ0n) is 12.9. The van der Waals surface area contributed by atoms with Gasteiger partial charge in [-0.05, 0) is 35.7 Å². The molecule has 2 rings (SSSR count). The second-order valence-corrected chi connectivity index (χ2v) is 4.91. The summed E-state index contributed by atoms with van der Waals surface area (Å²) in [6.07, 6.45) is 0.425. The Bertz CT molecular complexity index is 735. The highest BCUT2D eigenvalue weighted by Crippen LogP contribution is 2.30. The van der Waals surface area contributed by atoms with Crippen molar-refractivity contribution >= 4 is 5.69 Å². The van der Waals surface area contributed by atoms with Crippen molar-refractivity contribution < 1.29 is 14.4 Å². The molecule has 2 aromatic carbocycles. The molecule has 0 spiro atoms. The summed E-state index contributed by atoms with van der Waals surface area (Å²) in [5.74, 6) is 0.922. The van der Waals surface area contributed by atoms with Gasteiger partial charge >= 0.3 is 0 Å². The van der Waals surface area contributed by atoms with Crippen LogP contribution in [-0.4, -0.2) is 19.1 Å². The van der Waals surface area contributed by atoms with E-state index in [0.29, 0.717) is 17.9 Å². The van der Waals surface area contributed by atoms with Crippen LogP contribution in [0.5, 0.6) is 11.5 Å². The summed E-state index contributed by atoms with van der Waals surface area (Å²) < 4.78 is 10.5. The average molecular weight is 312 g/mol. The first-order chi connectivity index (χ1) is 11.1. The molecular formula is C17H16N2O4. The molecule has 0 aromatic heterocycles. The molecule has 0 amide bonds. The molecule has 1 unspecified atom stereocenters. The number of nitro groups is 1. The number of nitro benzene ring substituents is 1. The van der Waals surface area contributed by atoms with E-state index in [1.807, 2.05) is 6.07 Å². The summed E-state index contributed by atoms with van der Waals surface area (Å²) in [4.78, 5) is 10.2. The number of non-ortho nitro benzene ring substituents is 1. The molecule has 0 heterocycles. The van der Waals surface area contributed by atoms with Gasteiger partial charge in [0.1, 0.15) is 11.5 Å². The van der Waals surface area contributed by atoms with E-state index in [1.165, 1.54) is 12.1 Å². The molecule has 118 valence electrons. The van der Waals surface area contributed by atoms with Crippen molar-refractivity contribution in [1.29, 1.82) is 5.26 Å². The van der Waals surface area contributed by atoms with E-state index < -0.39 is 10.8 Å². The smallest absolute Gasteiger partial charge is 0.269 e. The first-order valence-electron chi connectivity index (χ1n) is 6.94. The maximum absolute atomic E-state index is 10.7. The lowest BCUT2D eigenvalue weighted by Gasteiger charge is -2.14. The van der Waals surface area contributed by atoms with Gasteiger partial charge in [0.05, 0.1) is 31.1 Å². The molecular weight excluding hydrogens is 296 g/mol. The fraction of sp³-hybridized carbons (Fsp3) is 0.235. The molecule has 0 saturated carbocycles. The molecule has 0 aliphatic carbocycles. The first kappa shape index (κ1) is 16.3. The van der Waals surface area contributed by atoms with Gasteiger partial charge < -0.3 is 9.47 Å². The lowest BCUT2D eigenvalue weighted by atomic mass is 9.92. The number of hydrogen-bond donors (Lipinski definition) is 0. The lowest BCUT2D eigenvalue weighted by molar-refractivity contribution is -0.384. The summed E-state index contributed by atoms with van der Waals surface area (Å²) in [5, 5.41) is 20.2. The number of methoxy groups -OCH3 is 2. The summed E-state index contributed by atoms with van der Waals surface area (Å²) in [7, 11) is 3.14. The van der Waals surface area contributed by atoms with Gasteiger partial charge in [-0.1, -0.05) is 12.1 Å². The van der Waals surface area contributed by atoms with E-state index in [-0.39, 0.29) is 5.69 Å². The SMILES string of the molecule is COc1ccc(OC)c(CC(C#N)c2ccc([N+](=O)[O-])cc2)c1. The maximum atomic E-state index is 10.7. The molecule has 6 heteroatoms. The molecule has 23 heavy (non-hydrogen) atoms. The fourth-order valence-electron chi connectivity index (χ4n) is 2.33. The summed E-state index contributed by atoms with van der Waals surface area (Å²) in [5.41, 5.74) is 1.57. The van der Waals surface area contributed by atoms with Gasteiger partial charge in [0.2, 0.25) is 0 Å². The number of rotatable bonds is 6. The molecule has 0 radical (unpaired) electrons. The predicted octanol–water partition coefficient (Wildman–Crippen LogP) is 3.46. The molecule has 0 fully saturated rings. The minimum absolute atomic E-state index is 0.00407. The van der Waals surface area contributed by atoms with Crippen molar-refractivity contribution in [1.82, 2.24) is 0 Å². The number of hydrogen-bond acceptors (Lipinski definition) is 5. The normalized spacial score (nSPS) is 11.3. The zero-order chi connectivity index (χ0) is 16.8. The Morgan fingerprint density at radius 3 is 2.39 bits per heavy atom. The topological polar surface area (TPSA) is 85.4 Å². The molecule has 0 aliphatic rings. The van der Waals surface area contributed by atoms with Crippen LogP contribution in [-0.2, 0) is 6.42 Å². The van der Waals surface area contributed by atoms with Crippen molar-refractivity contribution in [2.24, 2.45) is 0 Å². The second-order valence-electron chi connectivity index (χ2n) is 4.91. The molecule has 1 atom stereocenters. The third-order valence-corrected chi connectivity index (χ3v) is 3.57. The van der Waals surface area contributed by atoms with Gasteiger partial charge in [-0.15, -0.1) is 0 Å². The highest BCUT2D eigenvalue weighted by atomic mass is 16.6. The lowest BCUT2D eigenvalue weighted by Crippen LogP contribution is -2.03. The van der Waals surface area contributed by atoms with Crippen molar-refractivity contribution in [2.75, 3.05) is 14.2 Å². The zero-order valence-corrected chi connectivity index (χ0v) is 12.9. The maximum Gasteiger partial charge on any atom is 0.269 e. The van der Waals surface area contributed by atoms with Gasteiger partial charge in [-0.25, -0.2) is 0 Å². The van der Waals surface area contributed by atoms with E-state index in [9.17, 15) is 15.4 Å². The van der Waals surface area contributed by atoms with Crippen LogP contribution in [0.15, 0.2) is 42.5 Å². The summed E-state index contributed by atoms with van der Waals surface area (Å²) >= 11 is 0. The van der Waals surface area contributed by atoms with Crippen LogP contribution in [0.4, 0.5) is 5.69 Å². The van der Waals surface area contributed by atoms with Crippen molar-refractivity contribution in [3.8, 4) is 17.6 Å². The van der Waals surface area contributed by atoms with E-state index in [1.54, 1.807) is 38.5 Å². The second kappa shape index (κ2) is 7.27. The third-order valence-electron chi connectivity index (χ3n) is 3.57. The third kappa shape index (κ3) is 3.77.